The maximum Gasteiger partial charge on any atom is 0.274 e. The van der Waals surface area contributed by atoms with Gasteiger partial charge in [0, 0.05) is 54.5 Å². The van der Waals surface area contributed by atoms with Crippen molar-refractivity contribution in [2.75, 3.05) is 26.2 Å². The molecule has 1 aliphatic heterocycles. The van der Waals surface area contributed by atoms with Crippen LogP contribution in [0.1, 0.15) is 27.2 Å². The maximum absolute atomic E-state index is 12.9. The number of amides is 1. The molecule has 168 valence electrons. The number of piperazine rings is 1. The van der Waals surface area contributed by atoms with Gasteiger partial charge in [0.2, 0.25) is 0 Å². The first-order valence-electron chi connectivity index (χ1n) is 10.6. The normalized spacial score (nSPS) is 14.6. The Morgan fingerprint density at radius 2 is 1.75 bits per heavy atom. The van der Waals surface area contributed by atoms with Crippen LogP contribution in [0.4, 0.5) is 0 Å². The van der Waals surface area contributed by atoms with Crippen LogP contribution in [0.25, 0.3) is 0 Å². The summed E-state index contributed by atoms with van der Waals surface area (Å²) in [4.78, 5) is 17.0. The third kappa shape index (κ3) is 5.26. The van der Waals surface area contributed by atoms with E-state index in [1.807, 2.05) is 49.1 Å². The molecule has 0 atom stereocenters. The Balaban J connectivity index is 1.30. The molecular formula is C24H26Cl2N4O2. The van der Waals surface area contributed by atoms with E-state index in [9.17, 15) is 4.79 Å². The van der Waals surface area contributed by atoms with Gasteiger partial charge < -0.3 is 9.64 Å². The fourth-order valence-electron chi connectivity index (χ4n) is 3.82. The average Bonchev–Trinajstić information content (AvgIpc) is 3.25. The number of nitrogens with zero attached hydrogens (tertiary/aromatic N) is 4. The van der Waals surface area contributed by atoms with Gasteiger partial charge in [-0.3, -0.25) is 9.69 Å². The summed E-state index contributed by atoms with van der Waals surface area (Å²) >= 11 is 12.6. The molecule has 2 aromatic carbocycles. The van der Waals surface area contributed by atoms with Gasteiger partial charge >= 0.3 is 0 Å². The lowest BCUT2D eigenvalue weighted by Crippen LogP contribution is -2.48. The van der Waals surface area contributed by atoms with Crippen molar-refractivity contribution in [1.82, 2.24) is 19.6 Å². The van der Waals surface area contributed by atoms with Crippen LogP contribution in [0.15, 0.2) is 48.7 Å². The lowest BCUT2D eigenvalue weighted by atomic mass is 10.1. The molecule has 0 aliphatic carbocycles. The quantitative estimate of drug-likeness (QED) is 0.516. The lowest BCUT2D eigenvalue weighted by molar-refractivity contribution is 0.0621. The SMILES string of the molecule is Cc1ccc(OCn2ccc(C(=O)N3CCN(Cc4c(Cl)cccc4Cl)CC3)n2)c(C)c1. The Bertz CT molecular complexity index is 1090. The number of rotatable bonds is 6. The van der Waals surface area contributed by atoms with E-state index in [2.05, 4.69) is 16.1 Å². The highest BCUT2D eigenvalue weighted by Crippen LogP contribution is 2.26. The Kier molecular flexibility index (Phi) is 7.04. The molecule has 0 saturated carbocycles. The molecule has 3 aromatic rings. The van der Waals surface area contributed by atoms with E-state index >= 15 is 0 Å². The Morgan fingerprint density at radius 3 is 2.44 bits per heavy atom. The summed E-state index contributed by atoms with van der Waals surface area (Å²) in [5.41, 5.74) is 3.62. The molecule has 0 bridgehead atoms. The zero-order valence-electron chi connectivity index (χ0n) is 18.2. The highest BCUT2D eigenvalue weighted by Gasteiger charge is 2.24. The summed E-state index contributed by atoms with van der Waals surface area (Å²) < 4.78 is 7.49. The van der Waals surface area contributed by atoms with Gasteiger partial charge in [0.15, 0.2) is 12.4 Å². The third-order valence-electron chi connectivity index (χ3n) is 5.65. The van der Waals surface area contributed by atoms with E-state index in [1.54, 1.807) is 16.9 Å². The Morgan fingerprint density at radius 1 is 1.03 bits per heavy atom. The fourth-order valence-corrected chi connectivity index (χ4v) is 4.34. The molecule has 1 amide bonds. The molecule has 8 heteroatoms. The van der Waals surface area contributed by atoms with Crippen LogP contribution >= 0.6 is 23.2 Å². The van der Waals surface area contributed by atoms with Crippen LogP contribution in [0.2, 0.25) is 10.0 Å². The second-order valence-corrected chi connectivity index (χ2v) is 8.87. The minimum atomic E-state index is -0.0642. The molecule has 1 saturated heterocycles. The molecule has 0 spiro atoms. The number of carbonyl (C=O) groups excluding carboxylic acids is 1. The number of carbonyl (C=O) groups is 1. The van der Waals surface area contributed by atoms with Gasteiger partial charge in [-0.25, -0.2) is 4.68 Å². The first-order chi connectivity index (χ1) is 15.4. The molecule has 32 heavy (non-hydrogen) atoms. The molecule has 6 nitrogen and oxygen atoms in total. The molecule has 0 N–H and O–H groups in total. The average molecular weight is 473 g/mol. The van der Waals surface area contributed by atoms with Gasteiger partial charge in [0.1, 0.15) is 5.75 Å². The molecule has 0 radical (unpaired) electrons. The van der Waals surface area contributed by atoms with E-state index in [4.69, 9.17) is 27.9 Å². The number of benzene rings is 2. The largest absolute Gasteiger partial charge is 0.471 e. The van der Waals surface area contributed by atoms with Crippen molar-refractivity contribution in [2.45, 2.75) is 27.1 Å². The number of hydrogen-bond donors (Lipinski definition) is 0. The summed E-state index contributed by atoms with van der Waals surface area (Å²) in [6.45, 7) is 7.76. The molecule has 1 fully saturated rings. The van der Waals surface area contributed by atoms with Crippen molar-refractivity contribution >= 4 is 29.1 Å². The van der Waals surface area contributed by atoms with E-state index in [0.29, 0.717) is 35.4 Å². The highest BCUT2D eigenvalue weighted by molar-refractivity contribution is 6.35. The van der Waals surface area contributed by atoms with E-state index < -0.39 is 0 Å². The van der Waals surface area contributed by atoms with Crippen molar-refractivity contribution in [3.05, 3.63) is 81.1 Å². The number of ether oxygens (including phenoxy) is 1. The highest BCUT2D eigenvalue weighted by atomic mass is 35.5. The predicted molar refractivity (Wildman–Crippen MR) is 126 cm³/mol. The summed E-state index contributed by atoms with van der Waals surface area (Å²) in [7, 11) is 0. The van der Waals surface area contributed by atoms with E-state index in [-0.39, 0.29) is 12.6 Å². The van der Waals surface area contributed by atoms with Crippen molar-refractivity contribution in [3.8, 4) is 5.75 Å². The van der Waals surface area contributed by atoms with Crippen molar-refractivity contribution in [1.29, 1.82) is 0 Å². The first kappa shape index (κ1) is 22.6. The van der Waals surface area contributed by atoms with Gasteiger partial charge in [0.05, 0.1) is 0 Å². The molecular weight excluding hydrogens is 447 g/mol. The van der Waals surface area contributed by atoms with Crippen molar-refractivity contribution in [3.63, 3.8) is 0 Å². The number of halogens is 2. The Hall–Kier alpha value is -2.54. The minimum absolute atomic E-state index is 0.0642. The smallest absolute Gasteiger partial charge is 0.274 e. The summed E-state index contributed by atoms with van der Waals surface area (Å²) in [6, 6.07) is 13.3. The predicted octanol–water partition coefficient (Wildman–Crippen LogP) is 4.80. The maximum atomic E-state index is 12.9. The van der Waals surface area contributed by atoms with Crippen LogP contribution in [0, 0.1) is 13.8 Å². The first-order valence-corrected chi connectivity index (χ1v) is 11.3. The monoisotopic (exact) mass is 472 g/mol. The van der Waals surface area contributed by atoms with Crippen LogP contribution in [-0.4, -0.2) is 51.7 Å². The number of aromatic nitrogens is 2. The third-order valence-corrected chi connectivity index (χ3v) is 6.35. The van der Waals surface area contributed by atoms with Gasteiger partial charge in [0.25, 0.3) is 5.91 Å². The second kappa shape index (κ2) is 9.94. The summed E-state index contributed by atoms with van der Waals surface area (Å²) in [5.74, 6) is 0.749. The summed E-state index contributed by atoms with van der Waals surface area (Å²) in [5, 5.41) is 5.75. The molecule has 0 unspecified atom stereocenters. The van der Waals surface area contributed by atoms with Crippen molar-refractivity contribution < 1.29 is 9.53 Å². The molecule has 2 heterocycles. The van der Waals surface area contributed by atoms with Gasteiger partial charge in [-0.2, -0.15) is 5.10 Å². The van der Waals surface area contributed by atoms with Crippen LogP contribution in [0.3, 0.4) is 0 Å². The molecule has 1 aliphatic rings. The number of aryl methyl sites for hydroxylation is 2. The standard InChI is InChI=1S/C24H26Cl2N4O2/c1-17-6-7-23(18(2)14-17)32-16-30-9-8-22(27-30)24(31)29-12-10-28(11-13-29)15-19-20(25)4-3-5-21(19)26/h3-9,14H,10-13,15-16H2,1-2H3. The zero-order valence-corrected chi connectivity index (χ0v) is 19.7. The van der Waals surface area contributed by atoms with Crippen LogP contribution < -0.4 is 4.74 Å². The second-order valence-electron chi connectivity index (χ2n) is 8.05. The van der Waals surface area contributed by atoms with E-state index in [1.165, 1.54) is 5.56 Å². The van der Waals surface area contributed by atoms with Crippen molar-refractivity contribution in [2.24, 2.45) is 0 Å². The zero-order chi connectivity index (χ0) is 22.7. The summed E-state index contributed by atoms with van der Waals surface area (Å²) in [6.07, 6.45) is 1.77. The fraction of sp³-hybridized carbons (Fsp3) is 0.333. The Labute approximate surface area is 198 Å². The number of hydrogen-bond acceptors (Lipinski definition) is 4. The molecule has 4 rings (SSSR count). The lowest BCUT2D eigenvalue weighted by Gasteiger charge is -2.34. The van der Waals surface area contributed by atoms with Gasteiger partial charge in [-0.05, 0) is 43.7 Å². The van der Waals surface area contributed by atoms with Crippen LogP contribution in [-0.2, 0) is 13.3 Å². The van der Waals surface area contributed by atoms with Gasteiger partial charge in [-0.15, -0.1) is 0 Å². The van der Waals surface area contributed by atoms with E-state index in [0.717, 1.165) is 30.0 Å². The minimum Gasteiger partial charge on any atom is -0.471 e. The van der Waals surface area contributed by atoms with Crippen LogP contribution in [0.5, 0.6) is 5.75 Å². The molecule has 1 aromatic heterocycles. The van der Waals surface area contributed by atoms with Gasteiger partial charge in [-0.1, -0.05) is 47.0 Å². The topological polar surface area (TPSA) is 50.6 Å².